The van der Waals surface area contributed by atoms with Crippen LogP contribution in [0.5, 0.6) is 0 Å². The van der Waals surface area contributed by atoms with Crippen LogP contribution in [0.25, 0.3) is 0 Å². The highest BCUT2D eigenvalue weighted by Gasteiger charge is 2.14. The summed E-state index contributed by atoms with van der Waals surface area (Å²) in [6.07, 6.45) is 1.89. The number of aliphatic hydroxyl groups is 2. The first-order chi connectivity index (χ1) is 7.72. The van der Waals surface area contributed by atoms with Gasteiger partial charge in [0.25, 0.3) is 5.91 Å². The summed E-state index contributed by atoms with van der Waals surface area (Å²) in [5.74, 6) is -0.280. The van der Waals surface area contributed by atoms with Gasteiger partial charge in [0.15, 0.2) is 0 Å². The van der Waals surface area contributed by atoms with Crippen molar-refractivity contribution in [1.82, 2.24) is 5.32 Å². The molecular formula is C11H15NO3S. The maximum atomic E-state index is 11.8. The van der Waals surface area contributed by atoms with Gasteiger partial charge >= 0.3 is 0 Å². The molecule has 0 unspecified atom stereocenters. The fourth-order valence-corrected chi connectivity index (χ4v) is 1.84. The van der Waals surface area contributed by atoms with E-state index in [1.807, 2.05) is 18.4 Å². The van der Waals surface area contributed by atoms with Crippen molar-refractivity contribution in [3.63, 3.8) is 0 Å². The summed E-state index contributed by atoms with van der Waals surface area (Å²) >= 11 is 1.48. The first-order valence-electron chi connectivity index (χ1n) is 4.88. The zero-order valence-corrected chi connectivity index (χ0v) is 9.83. The van der Waals surface area contributed by atoms with Crippen LogP contribution in [0.3, 0.4) is 0 Å². The molecule has 0 aliphatic rings. The van der Waals surface area contributed by atoms with E-state index in [1.165, 1.54) is 11.8 Å². The fourth-order valence-electron chi connectivity index (χ4n) is 1.24. The van der Waals surface area contributed by atoms with Crippen molar-refractivity contribution < 1.29 is 15.0 Å². The first-order valence-corrected chi connectivity index (χ1v) is 6.11. The number of carbonyl (C=O) groups is 1. The SMILES string of the molecule is CSc1ccccc1C(=O)NC(CO)CO. The molecule has 0 heterocycles. The number of rotatable bonds is 5. The van der Waals surface area contributed by atoms with Gasteiger partial charge in [0.2, 0.25) is 0 Å². The van der Waals surface area contributed by atoms with Gasteiger partial charge in [-0.25, -0.2) is 0 Å². The number of hydrogen-bond acceptors (Lipinski definition) is 4. The molecule has 4 nitrogen and oxygen atoms in total. The molecule has 0 atom stereocenters. The van der Waals surface area contributed by atoms with Gasteiger partial charge in [0.05, 0.1) is 24.8 Å². The van der Waals surface area contributed by atoms with E-state index in [-0.39, 0.29) is 19.1 Å². The van der Waals surface area contributed by atoms with E-state index < -0.39 is 6.04 Å². The van der Waals surface area contributed by atoms with Crippen LogP contribution in [0, 0.1) is 0 Å². The maximum absolute atomic E-state index is 11.8. The number of carbonyl (C=O) groups excluding carboxylic acids is 1. The van der Waals surface area contributed by atoms with Crippen LogP contribution in [-0.4, -0.2) is 41.6 Å². The molecule has 0 fully saturated rings. The molecule has 1 aromatic carbocycles. The molecule has 0 aliphatic carbocycles. The molecule has 1 aromatic rings. The Balaban J connectivity index is 2.79. The maximum Gasteiger partial charge on any atom is 0.252 e. The second-order valence-corrected chi connectivity index (χ2v) is 4.08. The average Bonchev–Trinajstić information content (AvgIpc) is 2.35. The lowest BCUT2D eigenvalue weighted by Gasteiger charge is -2.14. The van der Waals surface area contributed by atoms with E-state index in [1.54, 1.807) is 12.1 Å². The molecule has 0 spiro atoms. The highest BCUT2D eigenvalue weighted by atomic mass is 32.2. The zero-order valence-electron chi connectivity index (χ0n) is 9.01. The molecular weight excluding hydrogens is 226 g/mol. The number of benzene rings is 1. The molecule has 0 aliphatic heterocycles. The Morgan fingerprint density at radius 3 is 2.56 bits per heavy atom. The van der Waals surface area contributed by atoms with Crippen LogP contribution in [0.15, 0.2) is 29.2 Å². The van der Waals surface area contributed by atoms with Crippen molar-refractivity contribution in [2.45, 2.75) is 10.9 Å². The quantitative estimate of drug-likeness (QED) is 0.656. The first kappa shape index (κ1) is 13.0. The summed E-state index contributed by atoms with van der Waals surface area (Å²) in [5.41, 5.74) is 0.557. The van der Waals surface area contributed by atoms with Crippen molar-refractivity contribution in [3.8, 4) is 0 Å². The Hall–Kier alpha value is -1.04. The Bertz CT molecular complexity index is 353. The molecule has 0 aromatic heterocycles. The van der Waals surface area contributed by atoms with Gasteiger partial charge in [-0.05, 0) is 18.4 Å². The van der Waals surface area contributed by atoms with Gasteiger partial charge in [-0.3, -0.25) is 4.79 Å². The molecule has 1 amide bonds. The van der Waals surface area contributed by atoms with Crippen LogP contribution < -0.4 is 5.32 Å². The summed E-state index contributed by atoms with van der Waals surface area (Å²) in [6, 6.07) is 6.60. The van der Waals surface area contributed by atoms with Crippen LogP contribution >= 0.6 is 11.8 Å². The predicted octanol–water partition coefficient (Wildman–Crippen LogP) is 0.492. The Labute approximate surface area is 98.7 Å². The third-order valence-electron chi connectivity index (χ3n) is 2.13. The molecule has 0 radical (unpaired) electrons. The van der Waals surface area contributed by atoms with Crippen LogP contribution in [0.1, 0.15) is 10.4 Å². The highest BCUT2D eigenvalue weighted by Crippen LogP contribution is 2.19. The van der Waals surface area contributed by atoms with Gasteiger partial charge in [0, 0.05) is 4.90 Å². The van der Waals surface area contributed by atoms with Crippen molar-refractivity contribution in [3.05, 3.63) is 29.8 Å². The van der Waals surface area contributed by atoms with Crippen molar-refractivity contribution >= 4 is 17.7 Å². The number of thioether (sulfide) groups is 1. The third-order valence-corrected chi connectivity index (χ3v) is 2.92. The molecule has 0 saturated carbocycles. The molecule has 3 N–H and O–H groups in total. The minimum Gasteiger partial charge on any atom is -0.394 e. The number of hydrogen-bond donors (Lipinski definition) is 3. The minimum atomic E-state index is -0.609. The van der Waals surface area contributed by atoms with Crippen LogP contribution in [0.4, 0.5) is 0 Å². The van der Waals surface area contributed by atoms with Crippen LogP contribution in [0.2, 0.25) is 0 Å². The van der Waals surface area contributed by atoms with E-state index in [4.69, 9.17) is 10.2 Å². The molecule has 0 bridgehead atoms. The number of nitrogens with one attached hydrogen (secondary N) is 1. The van der Waals surface area contributed by atoms with Crippen LogP contribution in [-0.2, 0) is 0 Å². The lowest BCUT2D eigenvalue weighted by Crippen LogP contribution is -2.40. The van der Waals surface area contributed by atoms with Gasteiger partial charge in [0.1, 0.15) is 0 Å². The third kappa shape index (κ3) is 3.23. The molecule has 88 valence electrons. The predicted molar refractivity (Wildman–Crippen MR) is 63.6 cm³/mol. The molecule has 1 rings (SSSR count). The average molecular weight is 241 g/mol. The summed E-state index contributed by atoms with van der Waals surface area (Å²) in [5, 5.41) is 20.3. The van der Waals surface area contributed by atoms with Gasteiger partial charge in [-0.1, -0.05) is 12.1 Å². The topological polar surface area (TPSA) is 69.6 Å². The molecule has 16 heavy (non-hydrogen) atoms. The second-order valence-electron chi connectivity index (χ2n) is 3.24. The fraction of sp³-hybridized carbons (Fsp3) is 0.364. The largest absolute Gasteiger partial charge is 0.394 e. The normalized spacial score (nSPS) is 10.5. The Morgan fingerprint density at radius 2 is 2.00 bits per heavy atom. The summed E-state index contributed by atoms with van der Waals surface area (Å²) in [4.78, 5) is 12.7. The zero-order chi connectivity index (χ0) is 12.0. The van der Waals surface area contributed by atoms with Crippen molar-refractivity contribution in [1.29, 1.82) is 0 Å². The molecule has 5 heteroatoms. The molecule has 0 saturated heterocycles. The summed E-state index contributed by atoms with van der Waals surface area (Å²) < 4.78 is 0. The van der Waals surface area contributed by atoms with Crippen molar-refractivity contribution in [2.75, 3.05) is 19.5 Å². The second kappa shape index (κ2) is 6.52. The lowest BCUT2D eigenvalue weighted by atomic mass is 10.2. The van der Waals surface area contributed by atoms with E-state index in [0.29, 0.717) is 5.56 Å². The van der Waals surface area contributed by atoms with Crippen molar-refractivity contribution in [2.24, 2.45) is 0 Å². The van der Waals surface area contributed by atoms with Gasteiger partial charge in [-0.2, -0.15) is 0 Å². The summed E-state index contributed by atoms with van der Waals surface area (Å²) in [6.45, 7) is -0.548. The van der Waals surface area contributed by atoms with E-state index in [9.17, 15) is 4.79 Å². The number of aliphatic hydroxyl groups excluding tert-OH is 2. The monoisotopic (exact) mass is 241 g/mol. The van der Waals surface area contributed by atoms with Gasteiger partial charge in [-0.15, -0.1) is 11.8 Å². The Morgan fingerprint density at radius 1 is 1.38 bits per heavy atom. The Kier molecular flexibility index (Phi) is 5.31. The minimum absolute atomic E-state index is 0.274. The highest BCUT2D eigenvalue weighted by molar-refractivity contribution is 7.98. The number of amides is 1. The summed E-state index contributed by atoms with van der Waals surface area (Å²) in [7, 11) is 0. The lowest BCUT2D eigenvalue weighted by molar-refractivity contribution is 0.0876. The van der Waals surface area contributed by atoms with E-state index >= 15 is 0 Å². The smallest absolute Gasteiger partial charge is 0.252 e. The van der Waals surface area contributed by atoms with E-state index in [2.05, 4.69) is 5.32 Å². The van der Waals surface area contributed by atoms with E-state index in [0.717, 1.165) is 4.90 Å². The van der Waals surface area contributed by atoms with Gasteiger partial charge < -0.3 is 15.5 Å². The standard InChI is InChI=1S/C11H15NO3S/c1-16-10-5-3-2-4-9(10)11(15)12-8(6-13)7-14/h2-5,8,13-14H,6-7H2,1H3,(H,12,15).